The lowest BCUT2D eigenvalue weighted by molar-refractivity contribution is -0.131. The van der Waals surface area contributed by atoms with Gasteiger partial charge in [0.15, 0.2) is 5.96 Å². The first-order valence-corrected chi connectivity index (χ1v) is 11.4. The molecule has 3 heterocycles. The fourth-order valence-electron chi connectivity index (χ4n) is 4.51. The summed E-state index contributed by atoms with van der Waals surface area (Å²) in [5.74, 6) is -0.591. The fraction of sp³-hybridized carbons (Fsp3) is 0.200. The molecule has 0 unspecified atom stereocenters. The zero-order valence-electron chi connectivity index (χ0n) is 18.5. The Morgan fingerprint density at radius 2 is 2.00 bits per heavy atom. The normalized spacial score (nSPS) is 20.7. The number of aryl methyl sites for hydroxylation is 1. The van der Waals surface area contributed by atoms with E-state index in [2.05, 4.69) is 22.6 Å². The van der Waals surface area contributed by atoms with Crippen LogP contribution in [-0.4, -0.2) is 33.6 Å². The first-order valence-electron chi connectivity index (χ1n) is 10.5. The Morgan fingerprint density at radius 3 is 2.79 bits per heavy atom. The van der Waals surface area contributed by atoms with Gasteiger partial charge in [0.2, 0.25) is 5.91 Å². The van der Waals surface area contributed by atoms with E-state index in [4.69, 9.17) is 5.41 Å². The van der Waals surface area contributed by atoms with Crippen molar-refractivity contribution in [1.82, 2.24) is 20.0 Å². The van der Waals surface area contributed by atoms with Crippen LogP contribution in [0.4, 0.5) is 0 Å². The van der Waals surface area contributed by atoms with E-state index in [-0.39, 0.29) is 11.9 Å². The molecule has 4 aromatic rings. The summed E-state index contributed by atoms with van der Waals surface area (Å²) in [6.07, 6.45) is 1.94. The maximum absolute atomic E-state index is 13.5. The minimum Gasteiger partial charge on any atom is -0.345 e. The van der Waals surface area contributed by atoms with Crippen molar-refractivity contribution in [3.63, 3.8) is 0 Å². The van der Waals surface area contributed by atoms with Crippen molar-refractivity contribution in [3.8, 4) is 17.2 Å². The molecular formula is C25H22N6OS. The molecule has 1 amide bonds. The van der Waals surface area contributed by atoms with Crippen LogP contribution in [0.25, 0.3) is 22.0 Å². The van der Waals surface area contributed by atoms with Crippen LogP contribution in [0.5, 0.6) is 0 Å². The molecule has 7 nitrogen and oxygen atoms in total. The molecule has 1 aliphatic rings. The Kier molecular flexibility index (Phi) is 4.80. The number of rotatable bonds is 3. The van der Waals surface area contributed by atoms with Crippen LogP contribution in [-0.2, 0) is 17.4 Å². The quantitative estimate of drug-likeness (QED) is 0.485. The summed E-state index contributed by atoms with van der Waals surface area (Å²) in [5.41, 5.74) is 3.46. The standard InChI is InChI=1S/C25H22N6OS/c1-25(21-11-19(14-33-21)16-6-4-5-15(9-16)12-26)22(23(32)31(3)24(27)28-25)17-7-8-20-18(10-17)13-30(2)29-20/h4-11,13-14,22H,1-3H3,(H2,27,28)/t22-,25+/m0/s1. The predicted octanol–water partition coefficient (Wildman–Crippen LogP) is 4.17. The average Bonchev–Trinajstić information content (AvgIpc) is 3.44. The van der Waals surface area contributed by atoms with Gasteiger partial charge in [0.1, 0.15) is 0 Å². The molecule has 2 aromatic carbocycles. The molecule has 0 radical (unpaired) electrons. The SMILES string of the molecule is CN1C(=N)N[C@](C)(c2cc(-c3cccc(C#N)c3)cs2)[C@@H](c2ccc3nn(C)cc3c2)C1=O. The second kappa shape index (κ2) is 7.57. The number of hydrogen-bond acceptors (Lipinski definition) is 5. The second-order valence-electron chi connectivity index (χ2n) is 8.52. The zero-order valence-corrected chi connectivity index (χ0v) is 19.3. The van der Waals surface area contributed by atoms with Crippen molar-refractivity contribution >= 4 is 34.1 Å². The number of benzene rings is 2. The number of hydrogen-bond donors (Lipinski definition) is 2. The van der Waals surface area contributed by atoms with Gasteiger partial charge < -0.3 is 5.32 Å². The Labute approximate surface area is 195 Å². The van der Waals surface area contributed by atoms with Gasteiger partial charge in [-0.05, 0) is 59.3 Å². The third-order valence-corrected chi connectivity index (χ3v) is 7.45. The molecule has 164 valence electrons. The van der Waals surface area contributed by atoms with Crippen molar-refractivity contribution < 1.29 is 4.79 Å². The van der Waals surface area contributed by atoms with E-state index in [9.17, 15) is 10.1 Å². The number of likely N-dealkylation sites (N-methyl/N-ethyl adjacent to an activating group) is 1. The molecule has 1 saturated heterocycles. The monoisotopic (exact) mass is 454 g/mol. The molecule has 8 heteroatoms. The van der Waals surface area contributed by atoms with Crippen molar-refractivity contribution in [2.24, 2.45) is 7.05 Å². The van der Waals surface area contributed by atoms with Crippen LogP contribution in [0.1, 0.15) is 28.8 Å². The average molecular weight is 455 g/mol. The molecule has 0 saturated carbocycles. The molecule has 1 fully saturated rings. The number of nitrogens with one attached hydrogen (secondary N) is 2. The molecule has 33 heavy (non-hydrogen) atoms. The zero-order chi connectivity index (χ0) is 23.3. The lowest BCUT2D eigenvalue weighted by Crippen LogP contribution is -2.62. The molecular weight excluding hydrogens is 432 g/mol. The Balaban J connectivity index is 1.62. The van der Waals surface area contributed by atoms with E-state index < -0.39 is 11.5 Å². The van der Waals surface area contributed by atoms with E-state index in [1.807, 2.05) is 61.9 Å². The Hall–Kier alpha value is -3.96. The number of carbonyl (C=O) groups is 1. The first-order chi connectivity index (χ1) is 15.8. The third kappa shape index (κ3) is 3.38. The van der Waals surface area contributed by atoms with Crippen LogP contribution >= 0.6 is 11.3 Å². The highest BCUT2D eigenvalue weighted by Crippen LogP contribution is 2.44. The van der Waals surface area contributed by atoms with Gasteiger partial charge in [0, 0.05) is 30.6 Å². The summed E-state index contributed by atoms with van der Waals surface area (Å²) < 4.78 is 1.76. The minimum atomic E-state index is -0.813. The van der Waals surface area contributed by atoms with Crippen molar-refractivity contribution in [2.45, 2.75) is 18.4 Å². The lowest BCUT2D eigenvalue weighted by Gasteiger charge is -2.45. The van der Waals surface area contributed by atoms with Crippen molar-refractivity contribution in [2.75, 3.05) is 7.05 Å². The van der Waals surface area contributed by atoms with Crippen molar-refractivity contribution in [3.05, 3.63) is 76.1 Å². The number of fused-ring (bicyclic) bond motifs is 1. The maximum atomic E-state index is 13.5. The predicted molar refractivity (Wildman–Crippen MR) is 129 cm³/mol. The number of thiophene rings is 1. The minimum absolute atomic E-state index is 0.0719. The van der Waals surface area contributed by atoms with Crippen LogP contribution in [0.2, 0.25) is 0 Å². The molecule has 0 bridgehead atoms. The summed E-state index contributed by atoms with van der Waals surface area (Å²) in [6, 6.07) is 17.6. The highest BCUT2D eigenvalue weighted by atomic mass is 32.1. The smallest absolute Gasteiger partial charge is 0.239 e. The summed E-state index contributed by atoms with van der Waals surface area (Å²) in [5, 5.41) is 28.4. The van der Waals surface area contributed by atoms with Crippen molar-refractivity contribution in [1.29, 1.82) is 10.7 Å². The topological polar surface area (TPSA) is 97.8 Å². The summed E-state index contributed by atoms with van der Waals surface area (Å²) >= 11 is 1.55. The first kappa shape index (κ1) is 20.9. The van der Waals surface area contributed by atoms with Gasteiger partial charge in [-0.2, -0.15) is 10.4 Å². The van der Waals surface area contributed by atoms with Gasteiger partial charge in [-0.25, -0.2) is 0 Å². The van der Waals surface area contributed by atoms with E-state index in [0.717, 1.165) is 32.5 Å². The fourth-order valence-corrected chi connectivity index (χ4v) is 5.57. The number of guanidine groups is 1. The lowest BCUT2D eigenvalue weighted by atomic mass is 9.76. The van der Waals surface area contributed by atoms with E-state index in [1.165, 1.54) is 4.90 Å². The van der Waals surface area contributed by atoms with Crippen LogP contribution < -0.4 is 5.32 Å². The molecule has 2 aromatic heterocycles. The highest BCUT2D eigenvalue weighted by molar-refractivity contribution is 7.10. The van der Waals surface area contributed by atoms with Gasteiger partial charge in [-0.1, -0.05) is 18.2 Å². The molecule has 0 spiro atoms. The Morgan fingerprint density at radius 1 is 1.18 bits per heavy atom. The number of nitriles is 1. The molecule has 5 rings (SSSR count). The number of amides is 1. The van der Waals surface area contributed by atoms with E-state index in [0.29, 0.717) is 5.56 Å². The second-order valence-corrected chi connectivity index (χ2v) is 9.43. The molecule has 0 aliphatic carbocycles. The van der Waals surface area contributed by atoms with Gasteiger partial charge >= 0.3 is 0 Å². The van der Waals surface area contributed by atoms with Gasteiger partial charge in [-0.3, -0.25) is 19.8 Å². The highest BCUT2D eigenvalue weighted by Gasteiger charge is 2.49. The Bertz CT molecular complexity index is 1460. The summed E-state index contributed by atoms with van der Waals surface area (Å²) in [7, 11) is 3.50. The summed E-state index contributed by atoms with van der Waals surface area (Å²) in [6.45, 7) is 1.98. The van der Waals surface area contributed by atoms with Gasteiger partial charge in [-0.15, -0.1) is 11.3 Å². The number of aromatic nitrogens is 2. The van der Waals surface area contributed by atoms with Crippen LogP contribution in [0, 0.1) is 16.7 Å². The van der Waals surface area contributed by atoms with Gasteiger partial charge in [0.25, 0.3) is 0 Å². The van der Waals surface area contributed by atoms with E-state index in [1.54, 1.807) is 29.1 Å². The molecule has 2 atom stereocenters. The number of nitrogens with zero attached hydrogens (tertiary/aromatic N) is 4. The third-order valence-electron chi connectivity index (χ3n) is 6.28. The van der Waals surface area contributed by atoms with E-state index >= 15 is 0 Å². The maximum Gasteiger partial charge on any atom is 0.239 e. The van der Waals surface area contributed by atoms with Gasteiger partial charge in [0.05, 0.1) is 28.6 Å². The largest absolute Gasteiger partial charge is 0.345 e. The molecule has 2 N–H and O–H groups in total. The number of carbonyl (C=O) groups excluding carboxylic acids is 1. The van der Waals surface area contributed by atoms with Crippen LogP contribution in [0.15, 0.2) is 60.1 Å². The van der Waals surface area contributed by atoms with Crippen LogP contribution in [0.3, 0.4) is 0 Å². The molecule has 1 aliphatic heterocycles. The summed E-state index contributed by atoms with van der Waals surface area (Å²) in [4.78, 5) is 15.8.